The number of anilines is 2. The van der Waals surface area contributed by atoms with Gasteiger partial charge in [-0.3, -0.25) is 9.79 Å². The van der Waals surface area contributed by atoms with Crippen molar-refractivity contribution < 1.29 is 4.79 Å². The van der Waals surface area contributed by atoms with Gasteiger partial charge >= 0.3 is 0 Å². The van der Waals surface area contributed by atoms with E-state index in [1.807, 2.05) is 39.1 Å². The number of carbonyl (C=O) groups is 1. The quantitative estimate of drug-likeness (QED) is 0.181. The van der Waals surface area contributed by atoms with Crippen LogP contribution in [-0.4, -0.2) is 66.8 Å². The second kappa shape index (κ2) is 12.3. The van der Waals surface area contributed by atoms with Crippen LogP contribution >= 0.6 is 0 Å². The van der Waals surface area contributed by atoms with Gasteiger partial charge in [-0.2, -0.15) is 0 Å². The molecular weight excluding hydrogens is 534 g/mol. The molecule has 43 heavy (non-hydrogen) atoms. The standard InChI is InChI=1S/C35H41N7O/c1-8-30(43)39-29-19-26(10-9-21(29)2)33-31-22(3)28(32(23(4)36)24(5)37-6)20-38-35(31)40-34(33)25-11-13-27(14-12-25)42-17-15-41(7)16-18-42/h8-14,19-20H,1,15-18,36H2,2-7H3,(H,38,40)(H,39,43)/b32-23+,37-24?. The molecule has 0 atom stereocenters. The van der Waals surface area contributed by atoms with E-state index in [0.29, 0.717) is 5.70 Å². The van der Waals surface area contributed by atoms with Crippen LogP contribution in [0.5, 0.6) is 0 Å². The number of amides is 1. The van der Waals surface area contributed by atoms with Gasteiger partial charge in [-0.25, -0.2) is 4.98 Å². The molecule has 0 unspecified atom stereocenters. The molecule has 2 aromatic carbocycles. The van der Waals surface area contributed by atoms with Crippen LogP contribution in [0, 0.1) is 13.8 Å². The van der Waals surface area contributed by atoms with Gasteiger partial charge in [-0.15, -0.1) is 0 Å². The lowest BCUT2D eigenvalue weighted by molar-refractivity contribution is -0.111. The van der Waals surface area contributed by atoms with Crippen LogP contribution in [0.3, 0.4) is 0 Å². The molecule has 8 heteroatoms. The first-order chi connectivity index (χ1) is 20.6. The first-order valence-electron chi connectivity index (χ1n) is 14.6. The lowest BCUT2D eigenvalue weighted by Crippen LogP contribution is -2.44. The van der Waals surface area contributed by atoms with Crippen molar-refractivity contribution in [2.24, 2.45) is 10.7 Å². The van der Waals surface area contributed by atoms with Gasteiger partial charge in [0.05, 0.1) is 5.69 Å². The highest BCUT2D eigenvalue weighted by Crippen LogP contribution is 2.42. The fourth-order valence-electron chi connectivity index (χ4n) is 5.87. The molecule has 1 fully saturated rings. The number of aromatic amines is 1. The molecule has 1 amide bonds. The molecule has 5 rings (SSSR count). The molecular formula is C35H41N7O. The third-order valence-corrected chi connectivity index (χ3v) is 8.44. The number of nitrogens with one attached hydrogen (secondary N) is 2. The number of hydrogen-bond acceptors (Lipinski definition) is 6. The highest BCUT2D eigenvalue weighted by atomic mass is 16.1. The van der Waals surface area contributed by atoms with Crippen molar-refractivity contribution in [3.8, 4) is 22.4 Å². The van der Waals surface area contributed by atoms with Crippen molar-refractivity contribution in [2.45, 2.75) is 27.7 Å². The van der Waals surface area contributed by atoms with Gasteiger partial charge in [0.15, 0.2) is 0 Å². The summed E-state index contributed by atoms with van der Waals surface area (Å²) in [5, 5.41) is 3.97. The molecule has 222 valence electrons. The first-order valence-corrected chi connectivity index (χ1v) is 14.6. The van der Waals surface area contributed by atoms with E-state index in [9.17, 15) is 4.79 Å². The van der Waals surface area contributed by atoms with Crippen LogP contribution in [0.15, 0.2) is 72.0 Å². The van der Waals surface area contributed by atoms with E-state index in [1.54, 1.807) is 7.05 Å². The molecule has 1 aliphatic rings. The maximum atomic E-state index is 12.3. The predicted molar refractivity (Wildman–Crippen MR) is 181 cm³/mol. The Hall–Kier alpha value is -4.69. The predicted octanol–water partition coefficient (Wildman–Crippen LogP) is 6.17. The normalized spacial score (nSPS) is 15.0. The van der Waals surface area contributed by atoms with Crippen LogP contribution < -0.4 is 16.0 Å². The summed E-state index contributed by atoms with van der Waals surface area (Å²) < 4.78 is 0. The average Bonchev–Trinajstić information content (AvgIpc) is 3.40. The van der Waals surface area contributed by atoms with Crippen molar-refractivity contribution in [1.29, 1.82) is 0 Å². The number of fused-ring (bicyclic) bond motifs is 1. The topological polar surface area (TPSA) is 103 Å². The summed E-state index contributed by atoms with van der Waals surface area (Å²) in [7, 11) is 3.94. The van der Waals surface area contributed by atoms with Gasteiger partial charge in [0.1, 0.15) is 5.65 Å². The third-order valence-electron chi connectivity index (χ3n) is 8.44. The minimum atomic E-state index is -0.249. The van der Waals surface area contributed by atoms with Crippen LogP contribution in [0.2, 0.25) is 0 Å². The van der Waals surface area contributed by atoms with Crippen molar-refractivity contribution in [1.82, 2.24) is 14.9 Å². The van der Waals surface area contributed by atoms with Crippen LogP contribution in [0.1, 0.15) is 30.5 Å². The Labute approximate surface area is 254 Å². The molecule has 3 heterocycles. The lowest BCUT2D eigenvalue weighted by Gasteiger charge is -2.34. The Bertz CT molecular complexity index is 1750. The summed E-state index contributed by atoms with van der Waals surface area (Å²) in [6.07, 6.45) is 3.16. The summed E-state index contributed by atoms with van der Waals surface area (Å²) in [5.41, 5.74) is 18.5. The summed E-state index contributed by atoms with van der Waals surface area (Å²) in [4.78, 5) is 30.0. The average molecular weight is 576 g/mol. The van der Waals surface area contributed by atoms with Crippen LogP contribution in [-0.2, 0) is 4.79 Å². The fraction of sp³-hybridized carbons (Fsp3) is 0.286. The summed E-state index contributed by atoms with van der Waals surface area (Å²) in [6, 6.07) is 14.9. The van der Waals surface area contributed by atoms with E-state index in [0.717, 1.165) is 93.3 Å². The number of carbonyl (C=O) groups excluding carboxylic acids is 1. The monoisotopic (exact) mass is 575 g/mol. The van der Waals surface area contributed by atoms with Gasteiger partial charge in [-0.05, 0) is 81.3 Å². The van der Waals surface area contributed by atoms with Crippen molar-refractivity contribution in [2.75, 3.05) is 50.5 Å². The Morgan fingerprint density at radius 1 is 1.07 bits per heavy atom. The molecule has 8 nitrogen and oxygen atoms in total. The van der Waals surface area contributed by atoms with Crippen molar-refractivity contribution in [3.05, 3.63) is 83.7 Å². The van der Waals surface area contributed by atoms with E-state index < -0.39 is 0 Å². The molecule has 0 bridgehead atoms. The fourth-order valence-corrected chi connectivity index (χ4v) is 5.87. The molecule has 4 N–H and O–H groups in total. The molecule has 0 saturated carbocycles. The zero-order chi connectivity index (χ0) is 30.8. The zero-order valence-electron chi connectivity index (χ0n) is 26.0. The minimum absolute atomic E-state index is 0.249. The molecule has 0 spiro atoms. The highest BCUT2D eigenvalue weighted by molar-refractivity contribution is 6.24. The Morgan fingerprint density at radius 3 is 2.37 bits per heavy atom. The van der Waals surface area contributed by atoms with Gasteiger partial charge in [0, 0.05) is 84.3 Å². The number of rotatable bonds is 7. The molecule has 2 aromatic heterocycles. The second-order valence-corrected chi connectivity index (χ2v) is 11.3. The number of aliphatic imine (C=N–C) groups is 1. The first kappa shape index (κ1) is 29.8. The number of likely N-dealkylation sites (N-methyl/N-ethyl adjacent to an activating group) is 1. The number of nitrogens with two attached hydrogens (primary N) is 1. The SMILES string of the molecule is C=CC(=O)Nc1cc(-c2c(-c3ccc(N4CCN(C)CC4)cc3)[nH]c3ncc(/C(C(C)=NC)=C(\C)N)c(C)c23)ccc1C. The zero-order valence-corrected chi connectivity index (χ0v) is 26.0. The molecule has 1 saturated heterocycles. The number of allylic oxidation sites excluding steroid dienone is 2. The van der Waals surface area contributed by atoms with E-state index in [-0.39, 0.29) is 5.91 Å². The molecule has 0 aliphatic carbocycles. The molecule has 0 radical (unpaired) electrons. The van der Waals surface area contributed by atoms with Crippen LogP contribution in [0.25, 0.3) is 39.0 Å². The Morgan fingerprint density at radius 2 is 1.74 bits per heavy atom. The minimum Gasteiger partial charge on any atom is -0.402 e. The Balaban J connectivity index is 1.73. The smallest absolute Gasteiger partial charge is 0.247 e. The number of aryl methyl sites for hydroxylation is 2. The number of H-pyrrole nitrogens is 1. The number of benzene rings is 2. The number of aromatic nitrogens is 2. The highest BCUT2D eigenvalue weighted by Gasteiger charge is 2.23. The Kier molecular flexibility index (Phi) is 8.50. The van der Waals surface area contributed by atoms with E-state index >= 15 is 0 Å². The molecule has 1 aliphatic heterocycles. The molecule has 4 aromatic rings. The van der Waals surface area contributed by atoms with Crippen molar-refractivity contribution in [3.63, 3.8) is 0 Å². The lowest BCUT2D eigenvalue weighted by atomic mass is 9.91. The number of nitrogens with zero attached hydrogens (tertiary/aromatic N) is 4. The van der Waals surface area contributed by atoms with E-state index in [2.05, 4.69) is 76.0 Å². The van der Waals surface area contributed by atoms with Crippen LogP contribution in [0.4, 0.5) is 11.4 Å². The van der Waals surface area contributed by atoms with Gasteiger partial charge < -0.3 is 25.8 Å². The summed E-state index contributed by atoms with van der Waals surface area (Å²) >= 11 is 0. The van der Waals surface area contributed by atoms with Gasteiger partial charge in [0.25, 0.3) is 0 Å². The maximum absolute atomic E-state index is 12.3. The maximum Gasteiger partial charge on any atom is 0.247 e. The largest absolute Gasteiger partial charge is 0.402 e. The van der Waals surface area contributed by atoms with Gasteiger partial charge in [-0.1, -0.05) is 30.8 Å². The summed E-state index contributed by atoms with van der Waals surface area (Å²) in [6.45, 7) is 15.7. The second-order valence-electron chi connectivity index (χ2n) is 11.3. The summed E-state index contributed by atoms with van der Waals surface area (Å²) in [5.74, 6) is -0.249. The number of piperazine rings is 1. The third kappa shape index (κ3) is 5.83. The van der Waals surface area contributed by atoms with E-state index in [1.165, 1.54) is 11.8 Å². The van der Waals surface area contributed by atoms with E-state index in [4.69, 9.17) is 10.7 Å². The number of pyridine rings is 1. The van der Waals surface area contributed by atoms with Crippen molar-refractivity contribution >= 4 is 39.6 Å². The van der Waals surface area contributed by atoms with Gasteiger partial charge in [0.2, 0.25) is 5.91 Å². The number of hydrogen-bond donors (Lipinski definition) is 3.